The van der Waals surface area contributed by atoms with E-state index in [2.05, 4.69) is 10.6 Å². The van der Waals surface area contributed by atoms with E-state index in [9.17, 15) is 9.59 Å². The predicted octanol–water partition coefficient (Wildman–Crippen LogP) is 0.507. The van der Waals surface area contributed by atoms with Crippen LogP contribution in [0.4, 0.5) is 0 Å². The Hall–Kier alpha value is -2.08. The van der Waals surface area contributed by atoms with Crippen LogP contribution in [0.15, 0.2) is 24.3 Å². The van der Waals surface area contributed by atoms with Gasteiger partial charge in [-0.3, -0.25) is 4.79 Å². The summed E-state index contributed by atoms with van der Waals surface area (Å²) in [6, 6.07) is 7.41. The van der Waals surface area contributed by atoms with Crippen molar-refractivity contribution in [1.82, 2.24) is 10.6 Å². The molecule has 116 valence electrons. The highest BCUT2D eigenvalue weighted by Gasteiger charge is 2.03. The van der Waals surface area contributed by atoms with Gasteiger partial charge in [0.15, 0.2) is 6.61 Å². The summed E-state index contributed by atoms with van der Waals surface area (Å²) < 4.78 is 10.1. The number of carbonyl (C=O) groups is 2. The fourth-order valence-electron chi connectivity index (χ4n) is 1.67. The zero-order valence-electron chi connectivity index (χ0n) is 12.5. The Labute approximate surface area is 124 Å². The third kappa shape index (κ3) is 7.31. The fraction of sp³-hybridized carbons (Fsp3) is 0.467. The topological polar surface area (TPSA) is 76.7 Å². The standard InChI is InChI=1S/C15H22N2O4/c1-3-20-15(19)11-21-13-6-4-12(5-7-13)8-9-17-14(18)10-16-2/h4-7,16H,3,8-11H2,1-2H3,(H,17,18). The van der Waals surface area contributed by atoms with Crippen LogP contribution in [0.25, 0.3) is 0 Å². The molecule has 0 aliphatic heterocycles. The number of hydrogen-bond acceptors (Lipinski definition) is 5. The number of rotatable bonds is 9. The maximum absolute atomic E-state index is 11.3. The van der Waals surface area contributed by atoms with Gasteiger partial charge in [0.25, 0.3) is 0 Å². The van der Waals surface area contributed by atoms with Gasteiger partial charge in [-0.1, -0.05) is 12.1 Å². The van der Waals surface area contributed by atoms with Crippen molar-refractivity contribution in [1.29, 1.82) is 0 Å². The molecule has 21 heavy (non-hydrogen) atoms. The molecule has 0 atom stereocenters. The molecule has 6 nitrogen and oxygen atoms in total. The summed E-state index contributed by atoms with van der Waals surface area (Å²) in [7, 11) is 1.73. The Morgan fingerprint density at radius 2 is 1.90 bits per heavy atom. The molecule has 1 rings (SSSR count). The summed E-state index contributed by atoms with van der Waals surface area (Å²) in [6.45, 7) is 2.92. The van der Waals surface area contributed by atoms with Crippen LogP contribution in [0.1, 0.15) is 12.5 Å². The normalized spacial score (nSPS) is 10.0. The molecule has 0 saturated heterocycles. The Bertz CT molecular complexity index is 445. The van der Waals surface area contributed by atoms with Crippen LogP contribution in [0.3, 0.4) is 0 Å². The van der Waals surface area contributed by atoms with Crippen molar-refractivity contribution in [3.05, 3.63) is 29.8 Å². The van der Waals surface area contributed by atoms with Gasteiger partial charge >= 0.3 is 5.97 Å². The zero-order valence-corrected chi connectivity index (χ0v) is 12.5. The van der Waals surface area contributed by atoms with E-state index in [-0.39, 0.29) is 18.5 Å². The van der Waals surface area contributed by atoms with Crippen LogP contribution in [0, 0.1) is 0 Å². The lowest BCUT2D eigenvalue weighted by atomic mass is 10.1. The van der Waals surface area contributed by atoms with Gasteiger partial charge in [0, 0.05) is 6.54 Å². The first kappa shape index (κ1) is 17.0. The van der Waals surface area contributed by atoms with Crippen LogP contribution >= 0.6 is 0 Å². The summed E-state index contributed by atoms with van der Waals surface area (Å²) in [5, 5.41) is 5.60. The van der Waals surface area contributed by atoms with E-state index in [4.69, 9.17) is 9.47 Å². The van der Waals surface area contributed by atoms with Crippen LogP contribution in [0.2, 0.25) is 0 Å². The summed E-state index contributed by atoms with van der Waals surface area (Å²) in [4.78, 5) is 22.4. The Morgan fingerprint density at radius 1 is 1.19 bits per heavy atom. The van der Waals surface area contributed by atoms with Crippen LogP contribution in [-0.4, -0.2) is 45.2 Å². The first-order valence-electron chi connectivity index (χ1n) is 6.94. The number of benzene rings is 1. The van der Waals surface area contributed by atoms with Gasteiger partial charge in [-0.2, -0.15) is 0 Å². The van der Waals surface area contributed by atoms with Crippen molar-refractivity contribution in [2.24, 2.45) is 0 Å². The molecule has 0 spiro atoms. The molecule has 0 fully saturated rings. The number of esters is 1. The van der Waals surface area contributed by atoms with Crippen molar-refractivity contribution in [3.63, 3.8) is 0 Å². The van der Waals surface area contributed by atoms with E-state index in [0.717, 1.165) is 12.0 Å². The monoisotopic (exact) mass is 294 g/mol. The lowest BCUT2D eigenvalue weighted by Gasteiger charge is -2.07. The molecule has 0 aromatic heterocycles. The van der Waals surface area contributed by atoms with Crippen LogP contribution < -0.4 is 15.4 Å². The van der Waals surface area contributed by atoms with Crippen LogP contribution in [0.5, 0.6) is 5.75 Å². The Balaban J connectivity index is 2.30. The second-order valence-electron chi connectivity index (χ2n) is 4.37. The number of likely N-dealkylation sites (N-methyl/N-ethyl adjacent to an activating group) is 1. The number of nitrogens with one attached hydrogen (secondary N) is 2. The van der Waals surface area contributed by atoms with Gasteiger partial charge in [0.1, 0.15) is 5.75 Å². The molecule has 0 heterocycles. The zero-order chi connectivity index (χ0) is 15.5. The lowest BCUT2D eigenvalue weighted by molar-refractivity contribution is -0.145. The number of hydrogen-bond donors (Lipinski definition) is 2. The average molecular weight is 294 g/mol. The van der Waals surface area contributed by atoms with Crippen molar-refractivity contribution >= 4 is 11.9 Å². The molecule has 6 heteroatoms. The number of amides is 1. The molecular weight excluding hydrogens is 272 g/mol. The molecule has 0 bridgehead atoms. The quantitative estimate of drug-likeness (QED) is 0.649. The predicted molar refractivity (Wildman–Crippen MR) is 79.2 cm³/mol. The third-order valence-corrected chi connectivity index (χ3v) is 2.66. The van der Waals surface area contributed by atoms with E-state index in [1.54, 1.807) is 26.1 Å². The first-order valence-corrected chi connectivity index (χ1v) is 6.94. The molecule has 1 amide bonds. The van der Waals surface area contributed by atoms with Gasteiger partial charge < -0.3 is 20.1 Å². The Kier molecular flexibility index (Phi) is 7.89. The maximum Gasteiger partial charge on any atom is 0.344 e. The average Bonchev–Trinajstić information content (AvgIpc) is 2.47. The Morgan fingerprint density at radius 3 is 2.52 bits per heavy atom. The highest BCUT2D eigenvalue weighted by atomic mass is 16.6. The van der Waals surface area contributed by atoms with Crippen LogP contribution in [-0.2, 0) is 20.7 Å². The smallest absolute Gasteiger partial charge is 0.344 e. The summed E-state index contributed by atoms with van der Waals surface area (Å²) in [5.74, 6) is 0.215. The summed E-state index contributed by atoms with van der Waals surface area (Å²) in [5.41, 5.74) is 1.09. The SMILES string of the molecule is CCOC(=O)COc1ccc(CCNC(=O)CNC)cc1. The summed E-state index contributed by atoms with van der Waals surface area (Å²) >= 11 is 0. The number of carbonyl (C=O) groups excluding carboxylic acids is 2. The van der Waals surface area contributed by atoms with E-state index in [0.29, 0.717) is 25.4 Å². The van der Waals surface area contributed by atoms with E-state index in [1.807, 2.05) is 12.1 Å². The minimum Gasteiger partial charge on any atom is -0.482 e. The van der Waals surface area contributed by atoms with Gasteiger partial charge in [-0.05, 0) is 38.1 Å². The molecule has 0 unspecified atom stereocenters. The van der Waals surface area contributed by atoms with Gasteiger partial charge in [0.05, 0.1) is 13.2 Å². The highest BCUT2D eigenvalue weighted by Crippen LogP contribution is 2.12. The molecule has 1 aromatic carbocycles. The molecule has 0 radical (unpaired) electrons. The summed E-state index contributed by atoms with van der Waals surface area (Å²) in [6.07, 6.45) is 0.744. The third-order valence-electron chi connectivity index (χ3n) is 2.66. The molecule has 0 aliphatic rings. The van der Waals surface area contributed by atoms with Gasteiger partial charge in [-0.15, -0.1) is 0 Å². The second kappa shape index (κ2) is 9.77. The first-order chi connectivity index (χ1) is 10.2. The lowest BCUT2D eigenvalue weighted by Crippen LogP contribution is -2.33. The molecule has 0 aliphatic carbocycles. The van der Waals surface area contributed by atoms with E-state index < -0.39 is 0 Å². The minimum absolute atomic E-state index is 0.0214. The van der Waals surface area contributed by atoms with Crippen molar-refractivity contribution in [3.8, 4) is 5.75 Å². The fourth-order valence-corrected chi connectivity index (χ4v) is 1.67. The molecule has 2 N–H and O–H groups in total. The maximum atomic E-state index is 11.3. The molecular formula is C15H22N2O4. The molecule has 0 saturated carbocycles. The van der Waals surface area contributed by atoms with Crippen molar-refractivity contribution in [2.75, 3.05) is 33.4 Å². The minimum atomic E-state index is -0.381. The van der Waals surface area contributed by atoms with E-state index >= 15 is 0 Å². The highest BCUT2D eigenvalue weighted by molar-refractivity contribution is 5.77. The van der Waals surface area contributed by atoms with E-state index in [1.165, 1.54) is 0 Å². The largest absolute Gasteiger partial charge is 0.482 e. The van der Waals surface area contributed by atoms with Crippen molar-refractivity contribution < 1.29 is 19.1 Å². The molecule has 1 aromatic rings. The van der Waals surface area contributed by atoms with Gasteiger partial charge in [0.2, 0.25) is 5.91 Å². The van der Waals surface area contributed by atoms with Gasteiger partial charge in [-0.25, -0.2) is 4.79 Å². The second-order valence-corrected chi connectivity index (χ2v) is 4.37. The van der Waals surface area contributed by atoms with Crippen molar-refractivity contribution in [2.45, 2.75) is 13.3 Å². The number of ether oxygens (including phenoxy) is 2.